The molecule has 0 fully saturated rings. The number of primary amides is 1. The van der Waals surface area contributed by atoms with Gasteiger partial charge < -0.3 is 16.2 Å². The highest BCUT2D eigenvalue weighted by Crippen LogP contribution is 2.10. The molecule has 0 aromatic rings. The summed E-state index contributed by atoms with van der Waals surface area (Å²) in [6, 6.07) is 0. The minimum Gasteiger partial charge on any atom is -0.481 e. The summed E-state index contributed by atoms with van der Waals surface area (Å²) in [6.45, 7) is 3.37. The zero-order chi connectivity index (χ0) is 12.7. The van der Waals surface area contributed by atoms with Gasteiger partial charge in [0.1, 0.15) is 0 Å². The summed E-state index contributed by atoms with van der Waals surface area (Å²) in [5.74, 6) is -3.05. The molecule has 0 heterocycles. The zero-order valence-corrected chi connectivity index (χ0v) is 9.53. The van der Waals surface area contributed by atoms with E-state index in [-0.39, 0.29) is 12.3 Å². The van der Waals surface area contributed by atoms with Crippen molar-refractivity contribution in [1.82, 2.24) is 5.32 Å². The number of carboxylic acid groups (broad SMARTS) is 1. The summed E-state index contributed by atoms with van der Waals surface area (Å²) in [4.78, 5) is 32.5. The van der Waals surface area contributed by atoms with E-state index in [4.69, 9.17) is 10.8 Å². The van der Waals surface area contributed by atoms with E-state index in [0.29, 0.717) is 13.0 Å². The van der Waals surface area contributed by atoms with E-state index in [1.807, 2.05) is 0 Å². The molecule has 2 atom stereocenters. The number of hydrogen-bond donors (Lipinski definition) is 3. The molecule has 0 aromatic carbocycles. The van der Waals surface area contributed by atoms with Crippen molar-refractivity contribution in [3.05, 3.63) is 0 Å². The predicted octanol–water partition coefficient (Wildman–Crippen LogP) is -0.275. The van der Waals surface area contributed by atoms with E-state index in [9.17, 15) is 14.4 Å². The van der Waals surface area contributed by atoms with Crippen LogP contribution in [-0.4, -0.2) is 29.4 Å². The Balaban J connectivity index is 3.88. The molecule has 0 aromatic heterocycles. The van der Waals surface area contributed by atoms with Crippen LogP contribution in [0.25, 0.3) is 0 Å². The minimum absolute atomic E-state index is 0.211. The van der Waals surface area contributed by atoms with E-state index in [1.54, 1.807) is 6.92 Å². The van der Waals surface area contributed by atoms with Crippen molar-refractivity contribution in [3.63, 3.8) is 0 Å². The first-order valence-electron chi connectivity index (χ1n) is 5.15. The summed E-state index contributed by atoms with van der Waals surface area (Å²) in [7, 11) is 0. The monoisotopic (exact) mass is 230 g/mol. The van der Waals surface area contributed by atoms with Crippen LogP contribution >= 0.6 is 0 Å². The molecule has 0 saturated carbocycles. The quantitative estimate of drug-likeness (QED) is 0.523. The van der Waals surface area contributed by atoms with E-state index >= 15 is 0 Å². The highest BCUT2D eigenvalue weighted by Gasteiger charge is 2.25. The van der Waals surface area contributed by atoms with Crippen LogP contribution in [0.15, 0.2) is 0 Å². The maximum Gasteiger partial charge on any atom is 0.307 e. The first kappa shape index (κ1) is 14.4. The van der Waals surface area contributed by atoms with Gasteiger partial charge in [0.05, 0.1) is 5.92 Å². The fourth-order valence-corrected chi connectivity index (χ4v) is 1.08. The lowest BCUT2D eigenvalue weighted by molar-refractivity contribution is -0.146. The second kappa shape index (κ2) is 6.81. The third-order valence-corrected chi connectivity index (χ3v) is 2.45. The molecule has 0 saturated heterocycles. The second-order valence-electron chi connectivity index (χ2n) is 3.78. The van der Waals surface area contributed by atoms with Crippen molar-refractivity contribution in [3.8, 4) is 0 Å². The molecule has 0 aliphatic heterocycles. The SMILES string of the molecule is CC(C(=O)O)C(C)C(=O)NCCCC(N)=O. The van der Waals surface area contributed by atoms with E-state index < -0.39 is 23.7 Å². The second-order valence-corrected chi connectivity index (χ2v) is 3.78. The number of carbonyl (C=O) groups excluding carboxylic acids is 2. The van der Waals surface area contributed by atoms with Gasteiger partial charge in [0.2, 0.25) is 11.8 Å². The average Bonchev–Trinajstić information content (AvgIpc) is 2.21. The lowest BCUT2D eigenvalue weighted by Gasteiger charge is -2.15. The Morgan fingerprint density at radius 3 is 2.25 bits per heavy atom. The van der Waals surface area contributed by atoms with Gasteiger partial charge in [0.25, 0.3) is 0 Å². The smallest absolute Gasteiger partial charge is 0.307 e. The normalized spacial score (nSPS) is 13.9. The van der Waals surface area contributed by atoms with Gasteiger partial charge in [-0.1, -0.05) is 13.8 Å². The standard InChI is InChI=1S/C10H18N2O4/c1-6(7(2)10(15)16)9(14)12-5-3-4-8(11)13/h6-7H,3-5H2,1-2H3,(H2,11,13)(H,12,14)(H,15,16). The van der Waals surface area contributed by atoms with Crippen LogP contribution in [-0.2, 0) is 14.4 Å². The van der Waals surface area contributed by atoms with Gasteiger partial charge in [0.15, 0.2) is 0 Å². The largest absolute Gasteiger partial charge is 0.481 e. The summed E-state index contributed by atoms with van der Waals surface area (Å²) < 4.78 is 0. The summed E-state index contributed by atoms with van der Waals surface area (Å²) in [6.07, 6.45) is 0.679. The molecule has 4 N–H and O–H groups in total. The van der Waals surface area contributed by atoms with Crippen molar-refractivity contribution in [2.45, 2.75) is 26.7 Å². The van der Waals surface area contributed by atoms with Gasteiger partial charge in [-0.25, -0.2) is 0 Å². The van der Waals surface area contributed by atoms with Crippen molar-refractivity contribution in [2.75, 3.05) is 6.54 Å². The minimum atomic E-state index is -1.00. The van der Waals surface area contributed by atoms with E-state index in [1.165, 1.54) is 6.92 Å². The molecule has 6 nitrogen and oxygen atoms in total. The van der Waals surface area contributed by atoms with Crippen LogP contribution in [0.2, 0.25) is 0 Å². The lowest BCUT2D eigenvalue weighted by Crippen LogP contribution is -2.35. The average molecular weight is 230 g/mol. The lowest BCUT2D eigenvalue weighted by atomic mass is 9.95. The zero-order valence-electron chi connectivity index (χ0n) is 9.53. The first-order valence-corrected chi connectivity index (χ1v) is 5.15. The summed E-state index contributed by atoms with van der Waals surface area (Å²) >= 11 is 0. The van der Waals surface area contributed by atoms with Crippen LogP contribution in [0.5, 0.6) is 0 Å². The number of rotatable bonds is 7. The Hall–Kier alpha value is -1.59. The molecule has 0 spiro atoms. The molecular weight excluding hydrogens is 212 g/mol. The number of carboxylic acids is 1. The molecule has 0 radical (unpaired) electrons. The van der Waals surface area contributed by atoms with Crippen LogP contribution in [0.4, 0.5) is 0 Å². The number of carbonyl (C=O) groups is 3. The molecule has 0 bridgehead atoms. The first-order chi connectivity index (χ1) is 7.36. The molecule has 2 unspecified atom stereocenters. The Bertz CT molecular complexity index is 278. The number of nitrogens with two attached hydrogens (primary N) is 1. The molecular formula is C10H18N2O4. The molecule has 2 amide bonds. The maximum absolute atomic E-state index is 11.4. The number of hydrogen-bond acceptors (Lipinski definition) is 3. The molecule has 0 rings (SSSR count). The summed E-state index contributed by atoms with van der Waals surface area (Å²) in [5.41, 5.74) is 4.93. The highest BCUT2D eigenvalue weighted by atomic mass is 16.4. The number of nitrogens with one attached hydrogen (secondary N) is 1. The Kier molecular flexibility index (Phi) is 6.14. The van der Waals surface area contributed by atoms with Gasteiger partial charge in [-0.2, -0.15) is 0 Å². The molecule has 0 aliphatic rings. The van der Waals surface area contributed by atoms with E-state index in [0.717, 1.165) is 0 Å². The third-order valence-electron chi connectivity index (χ3n) is 2.45. The fourth-order valence-electron chi connectivity index (χ4n) is 1.08. The molecule has 6 heteroatoms. The third kappa shape index (κ3) is 5.33. The van der Waals surface area contributed by atoms with E-state index in [2.05, 4.69) is 5.32 Å². The van der Waals surface area contributed by atoms with Gasteiger partial charge in [0, 0.05) is 18.9 Å². The fraction of sp³-hybridized carbons (Fsp3) is 0.700. The Morgan fingerprint density at radius 1 is 1.25 bits per heavy atom. The topological polar surface area (TPSA) is 109 Å². The van der Waals surface area contributed by atoms with Gasteiger partial charge in [-0.15, -0.1) is 0 Å². The van der Waals surface area contributed by atoms with Crippen LogP contribution in [0.1, 0.15) is 26.7 Å². The van der Waals surface area contributed by atoms with Crippen molar-refractivity contribution in [2.24, 2.45) is 17.6 Å². The van der Waals surface area contributed by atoms with Crippen molar-refractivity contribution >= 4 is 17.8 Å². The van der Waals surface area contributed by atoms with Crippen molar-refractivity contribution < 1.29 is 19.5 Å². The van der Waals surface area contributed by atoms with Crippen LogP contribution < -0.4 is 11.1 Å². The summed E-state index contributed by atoms with van der Waals surface area (Å²) in [5, 5.41) is 11.3. The predicted molar refractivity (Wildman–Crippen MR) is 57.4 cm³/mol. The number of aliphatic carboxylic acids is 1. The molecule has 92 valence electrons. The molecule has 16 heavy (non-hydrogen) atoms. The number of amides is 2. The van der Waals surface area contributed by atoms with Crippen LogP contribution in [0, 0.1) is 11.8 Å². The highest BCUT2D eigenvalue weighted by molar-refractivity contribution is 5.84. The van der Waals surface area contributed by atoms with Gasteiger partial charge >= 0.3 is 5.97 Å². The van der Waals surface area contributed by atoms with Crippen molar-refractivity contribution in [1.29, 1.82) is 0 Å². The Morgan fingerprint density at radius 2 is 1.81 bits per heavy atom. The van der Waals surface area contributed by atoms with Gasteiger partial charge in [-0.05, 0) is 6.42 Å². The maximum atomic E-state index is 11.4. The van der Waals surface area contributed by atoms with Gasteiger partial charge in [-0.3, -0.25) is 14.4 Å². The van der Waals surface area contributed by atoms with Crippen LogP contribution in [0.3, 0.4) is 0 Å². The molecule has 0 aliphatic carbocycles. The Labute approximate surface area is 94.2 Å².